The molecule has 0 spiro atoms. The Bertz CT molecular complexity index is 599. The lowest BCUT2D eigenvalue weighted by atomic mass is 10.1. The Morgan fingerprint density at radius 3 is 2.53 bits per heavy atom. The summed E-state index contributed by atoms with van der Waals surface area (Å²) >= 11 is 0. The number of aryl methyl sites for hydroxylation is 1. The molecule has 0 fully saturated rings. The predicted molar refractivity (Wildman–Crippen MR) is 76.6 cm³/mol. The topological polar surface area (TPSA) is 38.5 Å². The van der Waals surface area contributed by atoms with E-state index in [2.05, 4.69) is 0 Å². The molecule has 4 heteroatoms. The Morgan fingerprint density at radius 2 is 1.89 bits per heavy atom. The molecule has 0 aromatic heterocycles. The van der Waals surface area contributed by atoms with Gasteiger partial charge >= 0.3 is 0 Å². The largest absolute Gasteiger partial charge is 0.496 e. The molecule has 0 aliphatic rings. The van der Waals surface area contributed by atoms with Crippen molar-refractivity contribution in [2.75, 3.05) is 24.8 Å². The van der Waals surface area contributed by atoms with Crippen LogP contribution in [0.4, 0.5) is 21.5 Å². The van der Waals surface area contributed by atoms with Gasteiger partial charge in [-0.3, -0.25) is 0 Å². The summed E-state index contributed by atoms with van der Waals surface area (Å²) in [6.45, 7) is 1.96. The smallest absolute Gasteiger partial charge is 0.125 e. The number of anilines is 3. The van der Waals surface area contributed by atoms with Gasteiger partial charge in [0, 0.05) is 12.7 Å². The van der Waals surface area contributed by atoms with Gasteiger partial charge in [0.1, 0.15) is 11.6 Å². The predicted octanol–water partition coefficient (Wildman–Crippen LogP) is 3.49. The third-order valence-corrected chi connectivity index (χ3v) is 3.12. The van der Waals surface area contributed by atoms with Crippen molar-refractivity contribution >= 4 is 17.1 Å². The molecule has 19 heavy (non-hydrogen) atoms. The molecule has 0 unspecified atom stereocenters. The van der Waals surface area contributed by atoms with E-state index in [1.165, 1.54) is 12.1 Å². The van der Waals surface area contributed by atoms with Crippen LogP contribution in [-0.4, -0.2) is 14.2 Å². The molecule has 2 aromatic rings. The maximum Gasteiger partial charge on any atom is 0.125 e. The van der Waals surface area contributed by atoms with Gasteiger partial charge in [0.25, 0.3) is 0 Å². The molecule has 0 aliphatic carbocycles. The molecule has 0 aliphatic heterocycles. The summed E-state index contributed by atoms with van der Waals surface area (Å²) in [6.07, 6.45) is 0. The Hall–Kier alpha value is -2.23. The molecule has 100 valence electrons. The van der Waals surface area contributed by atoms with Crippen LogP contribution in [0.5, 0.6) is 5.75 Å². The fourth-order valence-corrected chi connectivity index (χ4v) is 2.02. The first-order valence-electron chi connectivity index (χ1n) is 5.96. The highest BCUT2D eigenvalue weighted by molar-refractivity contribution is 5.74. The quantitative estimate of drug-likeness (QED) is 0.858. The zero-order valence-electron chi connectivity index (χ0n) is 11.3. The Morgan fingerprint density at radius 1 is 1.16 bits per heavy atom. The molecular weight excluding hydrogens is 243 g/mol. The highest BCUT2D eigenvalue weighted by Gasteiger charge is 2.10. The summed E-state index contributed by atoms with van der Waals surface area (Å²) in [5, 5.41) is 0. The highest BCUT2D eigenvalue weighted by atomic mass is 19.1. The van der Waals surface area contributed by atoms with Gasteiger partial charge in [-0.1, -0.05) is 0 Å². The molecule has 0 bridgehead atoms. The molecule has 2 rings (SSSR count). The number of benzene rings is 2. The monoisotopic (exact) mass is 260 g/mol. The Balaban J connectivity index is 2.41. The standard InChI is InChI=1S/C15H17FN2O/c1-10-8-12(5-7-15(10)19-3)18(2)14-9-11(16)4-6-13(14)17/h4-9H,17H2,1-3H3. The SMILES string of the molecule is COc1ccc(N(C)c2cc(F)ccc2N)cc1C. The lowest BCUT2D eigenvalue weighted by molar-refractivity contribution is 0.412. The summed E-state index contributed by atoms with van der Waals surface area (Å²) in [6, 6.07) is 10.1. The second kappa shape index (κ2) is 5.18. The fraction of sp³-hybridized carbons (Fsp3) is 0.200. The van der Waals surface area contributed by atoms with Crippen LogP contribution >= 0.6 is 0 Å². The zero-order valence-corrected chi connectivity index (χ0v) is 11.3. The van der Waals surface area contributed by atoms with Crippen molar-refractivity contribution in [3.8, 4) is 5.75 Å². The van der Waals surface area contributed by atoms with E-state index < -0.39 is 0 Å². The van der Waals surface area contributed by atoms with Gasteiger partial charge in [-0.25, -0.2) is 4.39 Å². The van der Waals surface area contributed by atoms with Crippen LogP contribution in [0.3, 0.4) is 0 Å². The molecule has 0 amide bonds. The van der Waals surface area contributed by atoms with Gasteiger partial charge in [-0.05, 0) is 48.9 Å². The second-order valence-electron chi connectivity index (χ2n) is 4.42. The van der Waals surface area contributed by atoms with Crippen molar-refractivity contribution in [3.63, 3.8) is 0 Å². The molecule has 2 aromatic carbocycles. The molecule has 2 N–H and O–H groups in total. The van der Waals surface area contributed by atoms with Crippen LogP contribution in [0.25, 0.3) is 0 Å². The number of hydrogen-bond acceptors (Lipinski definition) is 3. The normalized spacial score (nSPS) is 10.3. The molecule has 0 atom stereocenters. The number of nitrogen functional groups attached to an aromatic ring is 1. The summed E-state index contributed by atoms with van der Waals surface area (Å²) in [5.41, 5.74) is 9.01. The number of nitrogens with zero attached hydrogens (tertiary/aromatic N) is 1. The highest BCUT2D eigenvalue weighted by Crippen LogP contribution is 2.32. The minimum atomic E-state index is -0.304. The second-order valence-corrected chi connectivity index (χ2v) is 4.42. The van der Waals surface area contributed by atoms with Crippen molar-refractivity contribution < 1.29 is 9.13 Å². The van der Waals surface area contributed by atoms with Crippen LogP contribution in [0, 0.1) is 12.7 Å². The average Bonchev–Trinajstić information content (AvgIpc) is 2.40. The number of hydrogen-bond donors (Lipinski definition) is 1. The van der Waals surface area contributed by atoms with E-state index in [9.17, 15) is 4.39 Å². The van der Waals surface area contributed by atoms with Crippen LogP contribution in [-0.2, 0) is 0 Å². The van der Waals surface area contributed by atoms with Gasteiger partial charge in [0.15, 0.2) is 0 Å². The summed E-state index contributed by atoms with van der Waals surface area (Å²) < 4.78 is 18.5. The fourth-order valence-electron chi connectivity index (χ4n) is 2.02. The number of rotatable bonds is 3. The van der Waals surface area contributed by atoms with Crippen LogP contribution in [0.1, 0.15) is 5.56 Å². The Labute approximate surface area is 112 Å². The lowest BCUT2D eigenvalue weighted by Gasteiger charge is -2.22. The van der Waals surface area contributed by atoms with Gasteiger partial charge in [-0.15, -0.1) is 0 Å². The minimum Gasteiger partial charge on any atom is -0.496 e. The average molecular weight is 260 g/mol. The number of methoxy groups -OCH3 is 1. The first-order valence-corrected chi connectivity index (χ1v) is 5.96. The third-order valence-electron chi connectivity index (χ3n) is 3.12. The van der Waals surface area contributed by atoms with Crippen molar-refractivity contribution in [2.24, 2.45) is 0 Å². The number of halogens is 1. The number of nitrogens with two attached hydrogens (primary N) is 1. The van der Waals surface area contributed by atoms with Crippen LogP contribution in [0.15, 0.2) is 36.4 Å². The van der Waals surface area contributed by atoms with E-state index in [1.807, 2.05) is 37.1 Å². The van der Waals surface area contributed by atoms with Crippen LogP contribution in [0.2, 0.25) is 0 Å². The molecular formula is C15H17FN2O. The van der Waals surface area contributed by atoms with Gasteiger partial charge in [0.05, 0.1) is 18.5 Å². The van der Waals surface area contributed by atoms with E-state index in [0.717, 1.165) is 17.0 Å². The van der Waals surface area contributed by atoms with Gasteiger partial charge in [-0.2, -0.15) is 0 Å². The molecule has 3 nitrogen and oxygen atoms in total. The molecule has 0 saturated carbocycles. The van der Waals surface area contributed by atoms with E-state index >= 15 is 0 Å². The van der Waals surface area contributed by atoms with Crippen molar-refractivity contribution in [2.45, 2.75) is 6.92 Å². The molecule has 0 heterocycles. The molecule has 0 saturated heterocycles. The van der Waals surface area contributed by atoms with E-state index in [1.54, 1.807) is 13.2 Å². The van der Waals surface area contributed by atoms with Crippen molar-refractivity contribution in [1.29, 1.82) is 0 Å². The first-order chi connectivity index (χ1) is 9.02. The Kier molecular flexibility index (Phi) is 3.60. The summed E-state index contributed by atoms with van der Waals surface area (Å²) in [7, 11) is 3.49. The van der Waals surface area contributed by atoms with Crippen molar-refractivity contribution in [1.82, 2.24) is 0 Å². The van der Waals surface area contributed by atoms with E-state index in [4.69, 9.17) is 10.5 Å². The van der Waals surface area contributed by atoms with Gasteiger partial charge in [0.2, 0.25) is 0 Å². The number of ether oxygens (including phenoxy) is 1. The third kappa shape index (κ3) is 2.62. The summed E-state index contributed by atoms with van der Waals surface area (Å²) in [4.78, 5) is 1.85. The van der Waals surface area contributed by atoms with Gasteiger partial charge < -0.3 is 15.4 Å². The maximum atomic E-state index is 13.3. The van der Waals surface area contributed by atoms with E-state index in [-0.39, 0.29) is 5.82 Å². The van der Waals surface area contributed by atoms with E-state index in [0.29, 0.717) is 11.4 Å². The lowest BCUT2D eigenvalue weighted by Crippen LogP contribution is -2.12. The zero-order chi connectivity index (χ0) is 14.0. The van der Waals surface area contributed by atoms with Crippen LogP contribution < -0.4 is 15.4 Å². The molecule has 0 radical (unpaired) electrons. The maximum absolute atomic E-state index is 13.3. The van der Waals surface area contributed by atoms with Crippen molar-refractivity contribution in [3.05, 3.63) is 47.8 Å². The minimum absolute atomic E-state index is 0.304. The first kappa shape index (κ1) is 13.2. The summed E-state index contributed by atoms with van der Waals surface area (Å²) in [5.74, 6) is 0.519.